The zero-order valence-electron chi connectivity index (χ0n) is 21.0. The fraction of sp³-hybridized carbons (Fsp3) is 0.321. The number of hydrogen-bond donors (Lipinski definition) is 1. The third-order valence-electron chi connectivity index (χ3n) is 6.97. The van der Waals surface area contributed by atoms with Gasteiger partial charge in [0, 0.05) is 17.4 Å². The van der Waals surface area contributed by atoms with Gasteiger partial charge in [-0.05, 0) is 24.5 Å². The second-order valence-corrected chi connectivity index (χ2v) is 10.7. The van der Waals surface area contributed by atoms with Crippen LogP contribution in [0.3, 0.4) is 0 Å². The largest absolute Gasteiger partial charge is 0.741 e. The van der Waals surface area contributed by atoms with E-state index in [-0.39, 0.29) is 29.4 Å². The van der Waals surface area contributed by atoms with E-state index in [1.54, 1.807) is 0 Å². The van der Waals surface area contributed by atoms with Gasteiger partial charge in [0.15, 0.2) is 10.1 Å². The van der Waals surface area contributed by atoms with Gasteiger partial charge in [0.25, 0.3) is 0 Å². The molecule has 3 aromatic carbocycles. The summed E-state index contributed by atoms with van der Waals surface area (Å²) < 4.78 is 64.2. The standard InChI is InChI=1S/C27H29NO2.CHF3O3S/c1-20(21-12-6-3-7-13-21)28-25-19-27(18-24(25)26(29)30-2,22-14-8-4-9-15-22)23-16-10-5-11-17-23;2-1(3,4)8(5,6)7/h3-17,20,24-25,28H,18-19H2,1-2H3;(H,5,6,7)/t20-,24-,25-;/m1./s1. The summed E-state index contributed by atoms with van der Waals surface area (Å²) in [6, 6.07) is 32.2. The maximum Gasteiger partial charge on any atom is 0.485 e. The lowest BCUT2D eigenvalue weighted by atomic mass is 9.72. The maximum absolute atomic E-state index is 12.9. The van der Waals surface area contributed by atoms with Crippen LogP contribution in [-0.4, -0.2) is 37.6 Å². The summed E-state index contributed by atoms with van der Waals surface area (Å²) in [6.45, 7) is 2.22. The molecule has 3 aromatic rings. The molecule has 2 N–H and O–H groups in total. The molecule has 38 heavy (non-hydrogen) atoms. The van der Waals surface area contributed by atoms with Crippen molar-refractivity contribution in [3.8, 4) is 0 Å². The van der Waals surface area contributed by atoms with Gasteiger partial charge in [-0.1, -0.05) is 91.0 Å². The Morgan fingerprint density at radius 2 is 1.34 bits per heavy atom. The second-order valence-electron chi connectivity index (χ2n) is 9.31. The number of methoxy groups -OCH3 is 1. The predicted octanol–water partition coefficient (Wildman–Crippen LogP) is 4.30. The number of esters is 1. The molecule has 1 saturated carbocycles. The number of carbonyl (C=O) groups excluding carboxylic acids is 1. The normalized spacial score (nSPS) is 19.6. The Bertz CT molecular complexity index is 1250. The molecule has 0 amide bonds. The third kappa shape index (κ3) is 6.80. The number of carbonyl (C=O) groups is 1. The van der Waals surface area contributed by atoms with Crippen LogP contribution < -0.4 is 5.32 Å². The number of hydrogen-bond acceptors (Lipinski definition) is 5. The quantitative estimate of drug-likeness (QED) is 0.281. The van der Waals surface area contributed by atoms with Crippen LogP contribution in [0, 0.1) is 5.92 Å². The van der Waals surface area contributed by atoms with Crippen molar-refractivity contribution < 1.29 is 41.0 Å². The van der Waals surface area contributed by atoms with Crippen LogP contribution in [0.1, 0.15) is 42.5 Å². The van der Waals surface area contributed by atoms with Crippen molar-refractivity contribution >= 4 is 16.1 Å². The summed E-state index contributed by atoms with van der Waals surface area (Å²) in [5.74, 6) is -0.258. The number of quaternary nitrogens is 1. The summed E-state index contributed by atoms with van der Waals surface area (Å²) in [6.07, 6.45) is 1.66. The molecule has 6 nitrogen and oxygen atoms in total. The van der Waals surface area contributed by atoms with Gasteiger partial charge in [0.05, 0.1) is 7.11 Å². The van der Waals surface area contributed by atoms with Crippen LogP contribution in [-0.2, 0) is 25.1 Å². The average molecular weight is 550 g/mol. The highest BCUT2D eigenvalue weighted by molar-refractivity contribution is 7.86. The van der Waals surface area contributed by atoms with Crippen LogP contribution in [0.5, 0.6) is 0 Å². The Morgan fingerprint density at radius 3 is 1.74 bits per heavy atom. The van der Waals surface area contributed by atoms with Crippen molar-refractivity contribution in [2.45, 2.75) is 42.8 Å². The van der Waals surface area contributed by atoms with E-state index < -0.39 is 15.6 Å². The van der Waals surface area contributed by atoms with Gasteiger partial charge in [0.2, 0.25) is 0 Å². The number of ether oxygens (including phenoxy) is 1. The Hall–Kier alpha value is -3.21. The molecule has 10 heteroatoms. The van der Waals surface area contributed by atoms with Gasteiger partial charge in [0.1, 0.15) is 18.0 Å². The van der Waals surface area contributed by atoms with E-state index in [9.17, 15) is 18.0 Å². The van der Waals surface area contributed by atoms with Crippen molar-refractivity contribution in [3.63, 3.8) is 0 Å². The first-order chi connectivity index (χ1) is 17.9. The molecule has 1 aliphatic rings. The lowest BCUT2D eigenvalue weighted by molar-refractivity contribution is -0.727. The first-order valence-electron chi connectivity index (χ1n) is 12.0. The number of nitrogens with two attached hydrogens (primary N) is 1. The minimum absolute atomic E-state index is 0.106. The van der Waals surface area contributed by atoms with Crippen LogP contribution >= 0.6 is 0 Å². The van der Waals surface area contributed by atoms with Crippen LogP contribution in [0.4, 0.5) is 13.2 Å². The van der Waals surface area contributed by atoms with Gasteiger partial charge in [-0.2, -0.15) is 13.2 Å². The molecule has 0 heterocycles. The Labute approximate surface area is 220 Å². The molecule has 4 rings (SSSR count). The Kier molecular flexibility index (Phi) is 9.35. The molecule has 1 fully saturated rings. The van der Waals surface area contributed by atoms with Gasteiger partial charge in [-0.15, -0.1) is 0 Å². The van der Waals surface area contributed by atoms with Gasteiger partial charge in [-0.3, -0.25) is 4.79 Å². The van der Waals surface area contributed by atoms with Gasteiger partial charge in [-0.25, -0.2) is 8.42 Å². The second kappa shape index (κ2) is 12.1. The van der Waals surface area contributed by atoms with Crippen LogP contribution in [0.25, 0.3) is 0 Å². The van der Waals surface area contributed by atoms with Crippen molar-refractivity contribution in [1.29, 1.82) is 0 Å². The smallest absolute Gasteiger partial charge is 0.485 e. The van der Waals surface area contributed by atoms with E-state index in [4.69, 9.17) is 17.7 Å². The zero-order chi connectivity index (χ0) is 28.0. The molecule has 0 aliphatic heterocycles. The minimum Gasteiger partial charge on any atom is -0.741 e. The monoisotopic (exact) mass is 549 g/mol. The first-order valence-corrected chi connectivity index (χ1v) is 13.4. The number of halogens is 3. The summed E-state index contributed by atoms with van der Waals surface area (Å²) in [5, 5.41) is 2.37. The van der Waals surface area contributed by atoms with Crippen molar-refractivity contribution in [2.75, 3.05) is 7.11 Å². The topological polar surface area (TPSA) is 100 Å². The van der Waals surface area contributed by atoms with Gasteiger partial charge >= 0.3 is 11.5 Å². The molecular formula is C28H30F3NO5S. The molecule has 0 aromatic heterocycles. The minimum atomic E-state index is -6.09. The molecule has 204 valence electrons. The predicted molar refractivity (Wildman–Crippen MR) is 135 cm³/mol. The highest BCUT2D eigenvalue weighted by atomic mass is 32.2. The Morgan fingerprint density at radius 1 is 0.921 bits per heavy atom. The number of benzene rings is 3. The van der Waals surface area contributed by atoms with Crippen molar-refractivity contribution in [1.82, 2.24) is 0 Å². The highest BCUT2D eigenvalue weighted by Crippen LogP contribution is 2.48. The fourth-order valence-corrected chi connectivity index (χ4v) is 5.16. The summed E-state index contributed by atoms with van der Waals surface area (Å²) in [5.41, 5.74) is -2.02. The maximum atomic E-state index is 12.9. The van der Waals surface area contributed by atoms with Gasteiger partial charge < -0.3 is 14.6 Å². The molecule has 0 radical (unpaired) electrons. The lowest BCUT2D eigenvalue weighted by Gasteiger charge is -2.30. The summed E-state index contributed by atoms with van der Waals surface area (Å²) in [4.78, 5) is 12.9. The fourth-order valence-electron chi connectivity index (χ4n) is 5.16. The van der Waals surface area contributed by atoms with E-state index in [1.165, 1.54) is 23.8 Å². The average Bonchev–Trinajstić information content (AvgIpc) is 3.29. The molecule has 0 bridgehead atoms. The molecule has 1 aliphatic carbocycles. The number of rotatable bonds is 6. The van der Waals surface area contributed by atoms with E-state index in [2.05, 4.69) is 97.2 Å². The summed E-state index contributed by atoms with van der Waals surface area (Å²) >= 11 is 0. The molecule has 0 unspecified atom stereocenters. The van der Waals surface area contributed by atoms with E-state index in [0.717, 1.165) is 12.8 Å². The van der Waals surface area contributed by atoms with Crippen molar-refractivity contribution in [2.24, 2.45) is 5.92 Å². The lowest BCUT2D eigenvalue weighted by Crippen LogP contribution is -2.91. The third-order valence-corrected chi connectivity index (χ3v) is 7.54. The first kappa shape index (κ1) is 29.3. The Balaban J connectivity index is 0.000000436. The summed E-state index contributed by atoms with van der Waals surface area (Å²) in [7, 11) is -4.59. The molecule has 0 saturated heterocycles. The van der Waals surface area contributed by atoms with Crippen molar-refractivity contribution in [3.05, 3.63) is 108 Å². The zero-order valence-corrected chi connectivity index (χ0v) is 21.8. The molecule has 0 spiro atoms. The van der Waals surface area contributed by atoms with Crippen LogP contribution in [0.15, 0.2) is 91.0 Å². The van der Waals surface area contributed by atoms with E-state index >= 15 is 0 Å². The van der Waals surface area contributed by atoms with E-state index in [1.807, 2.05) is 6.07 Å². The highest BCUT2D eigenvalue weighted by Gasteiger charge is 2.52. The molecule has 3 atom stereocenters. The SMILES string of the molecule is COC(=O)[C@@H]1CC(c2ccccc2)(c2ccccc2)C[C@H]1[NH2+][C@H](C)c1ccccc1.O=S(=O)([O-])C(F)(F)F. The molecular weight excluding hydrogens is 519 g/mol. The van der Waals surface area contributed by atoms with E-state index in [0.29, 0.717) is 0 Å². The number of alkyl halides is 3. The van der Waals surface area contributed by atoms with Crippen LogP contribution in [0.2, 0.25) is 0 Å².